The smallest absolute Gasteiger partial charge is 0.303 e. The van der Waals surface area contributed by atoms with Crippen LogP contribution in [-0.2, 0) is 16.1 Å². The second-order valence-electron chi connectivity index (χ2n) is 8.13. The van der Waals surface area contributed by atoms with E-state index in [-0.39, 0.29) is 18.7 Å². The van der Waals surface area contributed by atoms with Gasteiger partial charge in [-0.2, -0.15) is 5.10 Å². The first-order chi connectivity index (χ1) is 18.3. The minimum absolute atomic E-state index is 0.111. The number of carboxylic acids is 1. The molecular formula is C27H22Cl3N3O5. The Labute approximate surface area is 233 Å². The second kappa shape index (κ2) is 12.7. The van der Waals surface area contributed by atoms with Crippen LogP contribution in [0.5, 0.6) is 17.2 Å². The molecule has 0 fully saturated rings. The number of nitrogens with one attached hydrogen (secondary N) is 1. The summed E-state index contributed by atoms with van der Waals surface area (Å²) in [4.78, 5) is 22.5. The Morgan fingerprint density at radius 3 is 2.29 bits per heavy atom. The molecule has 11 heteroatoms. The highest BCUT2D eigenvalue weighted by atomic mass is 35.5. The van der Waals surface area contributed by atoms with Gasteiger partial charge in [-0.3, -0.25) is 14.3 Å². The largest absolute Gasteiger partial charge is 0.492 e. The predicted molar refractivity (Wildman–Crippen MR) is 147 cm³/mol. The molecule has 0 saturated heterocycles. The molecular weight excluding hydrogens is 553 g/mol. The molecule has 0 aliphatic heterocycles. The Hall–Kier alpha value is -3.72. The van der Waals surface area contributed by atoms with Crippen molar-refractivity contribution >= 4 is 52.4 Å². The van der Waals surface area contributed by atoms with Gasteiger partial charge >= 0.3 is 5.97 Å². The van der Waals surface area contributed by atoms with Crippen LogP contribution in [0.4, 0.5) is 5.69 Å². The molecule has 0 spiro atoms. The van der Waals surface area contributed by atoms with Crippen molar-refractivity contribution in [3.8, 4) is 28.4 Å². The number of halogens is 3. The molecule has 4 rings (SSSR count). The maximum atomic E-state index is 11.9. The zero-order valence-corrected chi connectivity index (χ0v) is 22.1. The summed E-state index contributed by atoms with van der Waals surface area (Å²) in [7, 11) is 0. The molecule has 0 aliphatic rings. The van der Waals surface area contributed by atoms with Crippen molar-refractivity contribution in [1.29, 1.82) is 0 Å². The predicted octanol–water partition coefficient (Wildman–Crippen LogP) is 7.18. The molecule has 196 valence electrons. The maximum Gasteiger partial charge on any atom is 0.303 e. The third-order valence-electron chi connectivity index (χ3n) is 5.29. The molecule has 0 saturated carbocycles. The van der Waals surface area contributed by atoms with E-state index < -0.39 is 5.97 Å². The van der Waals surface area contributed by atoms with Crippen LogP contribution in [0.1, 0.15) is 12.8 Å². The van der Waals surface area contributed by atoms with Crippen LogP contribution >= 0.6 is 34.8 Å². The summed E-state index contributed by atoms with van der Waals surface area (Å²) in [6.07, 6.45) is 2.95. The first-order valence-corrected chi connectivity index (χ1v) is 12.6. The van der Waals surface area contributed by atoms with E-state index in [2.05, 4.69) is 10.4 Å². The lowest BCUT2D eigenvalue weighted by atomic mass is 10.0. The number of nitrogens with zero attached hydrogens (tertiary/aromatic N) is 2. The lowest BCUT2D eigenvalue weighted by molar-refractivity contribution is -0.138. The van der Waals surface area contributed by atoms with Gasteiger partial charge in [0, 0.05) is 28.9 Å². The van der Waals surface area contributed by atoms with Gasteiger partial charge in [0.25, 0.3) is 0 Å². The Bertz CT molecular complexity index is 1420. The molecule has 4 aromatic rings. The number of amides is 1. The molecule has 1 aromatic heterocycles. The topological polar surface area (TPSA) is 103 Å². The molecule has 2 N–H and O–H groups in total. The Balaban J connectivity index is 1.44. The van der Waals surface area contributed by atoms with Crippen LogP contribution in [0.25, 0.3) is 11.1 Å². The first-order valence-electron chi connectivity index (χ1n) is 11.5. The molecule has 1 heterocycles. The van der Waals surface area contributed by atoms with Gasteiger partial charge in [-0.25, -0.2) is 0 Å². The van der Waals surface area contributed by atoms with Crippen molar-refractivity contribution < 1.29 is 24.2 Å². The number of carbonyl (C=O) groups excluding carboxylic acids is 1. The Kier molecular flexibility index (Phi) is 9.12. The summed E-state index contributed by atoms with van der Waals surface area (Å²) < 4.78 is 13.6. The number of aromatic nitrogens is 2. The molecule has 0 radical (unpaired) electrons. The van der Waals surface area contributed by atoms with E-state index in [9.17, 15) is 9.59 Å². The normalized spacial score (nSPS) is 10.7. The third-order valence-corrected chi connectivity index (χ3v) is 5.98. The number of hydrogen-bond donors (Lipinski definition) is 2. The number of aliphatic carboxylic acids is 1. The third kappa shape index (κ3) is 7.64. The summed E-state index contributed by atoms with van der Waals surface area (Å²) in [6, 6.07) is 17.4. The second-order valence-corrected chi connectivity index (χ2v) is 9.41. The molecule has 8 nitrogen and oxygen atoms in total. The van der Waals surface area contributed by atoms with E-state index >= 15 is 0 Å². The van der Waals surface area contributed by atoms with Crippen LogP contribution in [0, 0.1) is 0 Å². The molecule has 0 unspecified atom stereocenters. The van der Waals surface area contributed by atoms with Gasteiger partial charge in [0.2, 0.25) is 5.91 Å². The van der Waals surface area contributed by atoms with E-state index in [1.54, 1.807) is 53.5 Å². The summed E-state index contributed by atoms with van der Waals surface area (Å²) in [5, 5.41) is 16.8. The van der Waals surface area contributed by atoms with E-state index in [1.807, 2.05) is 24.3 Å². The van der Waals surface area contributed by atoms with Gasteiger partial charge in [-0.15, -0.1) is 0 Å². The number of anilines is 1. The minimum atomic E-state index is -1.03. The van der Waals surface area contributed by atoms with Gasteiger partial charge in [0.15, 0.2) is 5.75 Å². The maximum absolute atomic E-state index is 11.9. The van der Waals surface area contributed by atoms with Gasteiger partial charge in [-0.1, -0.05) is 46.9 Å². The Morgan fingerprint density at radius 2 is 1.63 bits per heavy atom. The van der Waals surface area contributed by atoms with Gasteiger partial charge in [0.1, 0.15) is 18.1 Å². The molecule has 0 aliphatic carbocycles. The molecule has 0 bridgehead atoms. The van der Waals surface area contributed by atoms with Crippen LogP contribution in [0.15, 0.2) is 73.1 Å². The van der Waals surface area contributed by atoms with E-state index in [1.165, 1.54) is 0 Å². The minimum Gasteiger partial charge on any atom is -0.492 e. The van der Waals surface area contributed by atoms with Crippen LogP contribution < -0.4 is 14.8 Å². The highest BCUT2D eigenvalue weighted by Gasteiger charge is 2.15. The molecule has 3 aromatic carbocycles. The number of carboxylic acid groups (broad SMARTS) is 1. The van der Waals surface area contributed by atoms with Crippen LogP contribution in [0.3, 0.4) is 0 Å². The average Bonchev–Trinajstić information content (AvgIpc) is 3.30. The monoisotopic (exact) mass is 573 g/mol. The van der Waals surface area contributed by atoms with Crippen molar-refractivity contribution in [2.75, 3.05) is 11.9 Å². The van der Waals surface area contributed by atoms with Crippen molar-refractivity contribution in [2.45, 2.75) is 19.4 Å². The van der Waals surface area contributed by atoms with E-state index in [0.717, 1.165) is 5.56 Å². The van der Waals surface area contributed by atoms with Crippen molar-refractivity contribution in [1.82, 2.24) is 9.78 Å². The number of hydrogen-bond acceptors (Lipinski definition) is 5. The van der Waals surface area contributed by atoms with E-state index in [0.29, 0.717) is 56.7 Å². The SMILES string of the molecule is O=C(O)CCC(=O)Nc1ccc(Oc2c(Cl)cc(Cl)cc2-c2ccc(OCCn3cc(Cl)cn3)cc2)cc1. The Morgan fingerprint density at radius 1 is 0.921 bits per heavy atom. The zero-order chi connectivity index (χ0) is 27.1. The zero-order valence-electron chi connectivity index (χ0n) is 19.9. The average molecular weight is 575 g/mol. The summed E-state index contributed by atoms with van der Waals surface area (Å²) in [5.41, 5.74) is 2.02. The molecule has 1 amide bonds. The highest BCUT2D eigenvalue weighted by Crippen LogP contribution is 2.42. The summed E-state index contributed by atoms with van der Waals surface area (Å²) in [5.74, 6) is 0.167. The first kappa shape index (κ1) is 27.3. The molecule has 0 atom stereocenters. The molecule has 38 heavy (non-hydrogen) atoms. The highest BCUT2D eigenvalue weighted by molar-refractivity contribution is 6.36. The van der Waals surface area contributed by atoms with Gasteiger partial charge in [-0.05, 0) is 54.1 Å². The standard InChI is InChI=1S/C27H22Cl3N3O5/c28-18-13-23(17-1-5-21(6-2-17)37-12-11-33-16-19(29)15-31-33)27(24(30)14-18)38-22-7-3-20(4-8-22)32-25(34)9-10-26(35)36/h1-8,13-16H,9-12H2,(H,32,34)(H,35,36). The number of ether oxygens (including phenoxy) is 2. The van der Waals surface area contributed by atoms with E-state index in [4.69, 9.17) is 49.4 Å². The summed E-state index contributed by atoms with van der Waals surface area (Å²) >= 11 is 18.7. The fraction of sp³-hybridized carbons (Fsp3) is 0.148. The summed E-state index contributed by atoms with van der Waals surface area (Å²) in [6.45, 7) is 0.978. The van der Waals surface area contributed by atoms with Crippen LogP contribution in [0.2, 0.25) is 15.1 Å². The lowest BCUT2D eigenvalue weighted by Gasteiger charge is -2.15. The number of rotatable bonds is 11. The number of benzene rings is 3. The number of carbonyl (C=O) groups is 2. The fourth-order valence-corrected chi connectivity index (χ4v) is 4.18. The van der Waals surface area contributed by atoms with Gasteiger partial charge < -0.3 is 19.9 Å². The fourth-order valence-electron chi connectivity index (χ4n) is 3.50. The quantitative estimate of drug-likeness (QED) is 0.197. The van der Waals surface area contributed by atoms with Crippen molar-refractivity contribution in [3.63, 3.8) is 0 Å². The van der Waals surface area contributed by atoms with Crippen molar-refractivity contribution in [2.24, 2.45) is 0 Å². The lowest BCUT2D eigenvalue weighted by Crippen LogP contribution is -2.13. The van der Waals surface area contributed by atoms with Gasteiger partial charge in [0.05, 0.1) is 29.2 Å². The van der Waals surface area contributed by atoms with Crippen molar-refractivity contribution in [3.05, 3.63) is 88.1 Å². The van der Waals surface area contributed by atoms with Crippen LogP contribution in [-0.4, -0.2) is 33.4 Å².